The Hall–Kier alpha value is -4.42. The number of halogens is 6. The average Bonchev–Trinajstić information content (AvgIpc) is 2.95. The fraction of sp³-hybridized carbons (Fsp3) is 0.273. The molecule has 4 aromatic rings. The number of nitrogens with one attached hydrogen (secondary N) is 1. The number of benzene rings is 4. The van der Waals surface area contributed by atoms with Crippen molar-refractivity contribution in [3.8, 4) is 23.0 Å². The standard InChI is InChI=1S/C17H19F3N2O.C16H17F3N2O/c1-21-14-6-9-16(12(10-14)11-22(2)3)23-15-7-4-13(5-8-15)17(18,19)20;1-21(2)10-11-9-13(20)5-8-15(11)22-14-6-3-12(4-7-14)16(17,18)19/h4-10,21H,11H2,1-3H3;3-9H,10,20H2,1-2H3. The van der Waals surface area contributed by atoms with Crippen LogP contribution in [0.3, 0.4) is 0 Å². The number of nitrogens with two attached hydrogens (primary N) is 1. The van der Waals surface area contributed by atoms with Crippen molar-refractivity contribution in [2.45, 2.75) is 25.4 Å². The molecular weight excluding hydrogens is 598 g/mol. The van der Waals surface area contributed by atoms with E-state index in [1.807, 2.05) is 63.2 Å². The zero-order valence-corrected chi connectivity index (χ0v) is 25.6. The highest BCUT2D eigenvalue weighted by molar-refractivity contribution is 5.52. The summed E-state index contributed by atoms with van der Waals surface area (Å²) in [6.45, 7) is 1.27. The zero-order valence-electron chi connectivity index (χ0n) is 25.6. The van der Waals surface area contributed by atoms with Gasteiger partial charge < -0.3 is 30.3 Å². The lowest BCUT2D eigenvalue weighted by molar-refractivity contribution is -0.138. The van der Waals surface area contributed by atoms with Gasteiger partial charge in [0.25, 0.3) is 0 Å². The summed E-state index contributed by atoms with van der Waals surface area (Å²) in [6, 6.07) is 20.1. The Morgan fingerprint density at radius 3 is 1.38 bits per heavy atom. The largest absolute Gasteiger partial charge is 0.457 e. The molecule has 6 nitrogen and oxygen atoms in total. The summed E-state index contributed by atoms with van der Waals surface area (Å²) in [5.41, 5.74) is 7.74. The summed E-state index contributed by atoms with van der Waals surface area (Å²) in [5.74, 6) is 1.91. The van der Waals surface area contributed by atoms with Gasteiger partial charge in [-0.2, -0.15) is 26.3 Å². The Kier molecular flexibility index (Phi) is 11.7. The van der Waals surface area contributed by atoms with Crippen molar-refractivity contribution in [2.24, 2.45) is 0 Å². The fourth-order valence-electron chi connectivity index (χ4n) is 4.14. The third kappa shape index (κ3) is 10.9. The molecular formula is C33H36F6N4O2. The van der Waals surface area contributed by atoms with E-state index in [0.717, 1.165) is 41.1 Å². The number of rotatable bonds is 9. The first-order valence-electron chi connectivity index (χ1n) is 13.7. The van der Waals surface area contributed by atoms with Crippen LogP contribution in [0.1, 0.15) is 22.3 Å². The maximum atomic E-state index is 12.6. The van der Waals surface area contributed by atoms with Gasteiger partial charge in [-0.05, 0) is 113 Å². The minimum Gasteiger partial charge on any atom is -0.457 e. The van der Waals surface area contributed by atoms with Gasteiger partial charge in [-0.15, -0.1) is 0 Å². The maximum Gasteiger partial charge on any atom is 0.416 e. The molecule has 0 bridgehead atoms. The van der Waals surface area contributed by atoms with E-state index in [0.29, 0.717) is 41.8 Å². The Balaban J connectivity index is 0.000000246. The van der Waals surface area contributed by atoms with Gasteiger partial charge in [0, 0.05) is 42.6 Å². The molecule has 0 heterocycles. The first-order chi connectivity index (χ1) is 21.0. The monoisotopic (exact) mass is 634 g/mol. The Labute approximate surface area is 259 Å². The van der Waals surface area contributed by atoms with Crippen LogP contribution in [0.25, 0.3) is 0 Å². The third-order valence-corrected chi connectivity index (χ3v) is 6.23. The molecule has 0 spiro atoms. The highest BCUT2D eigenvalue weighted by Crippen LogP contribution is 2.34. The summed E-state index contributed by atoms with van der Waals surface area (Å²) in [7, 11) is 9.52. The van der Waals surface area contributed by atoms with Gasteiger partial charge in [0.1, 0.15) is 23.0 Å². The first kappa shape index (κ1) is 35.1. The summed E-state index contributed by atoms with van der Waals surface area (Å²) >= 11 is 0. The van der Waals surface area contributed by atoms with E-state index >= 15 is 0 Å². The second-order valence-electron chi connectivity index (χ2n) is 10.7. The van der Waals surface area contributed by atoms with Gasteiger partial charge in [0.2, 0.25) is 0 Å². The molecule has 0 unspecified atom stereocenters. The van der Waals surface area contributed by atoms with Gasteiger partial charge >= 0.3 is 12.4 Å². The average molecular weight is 635 g/mol. The number of alkyl halides is 6. The summed E-state index contributed by atoms with van der Waals surface area (Å²) < 4.78 is 86.8. The smallest absolute Gasteiger partial charge is 0.416 e. The Morgan fingerprint density at radius 1 is 0.600 bits per heavy atom. The van der Waals surface area contributed by atoms with Crippen molar-refractivity contribution in [1.82, 2.24) is 9.80 Å². The van der Waals surface area contributed by atoms with Crippen LogP contribution in [0, 0.1) is 0 Å². The minimum absolute atomic E-state index is 0.345. The van der Waals surface area contributed by atoms with Crippen LogP contribution >= 0.6 is 0 Å². The molecule has 0 fully saturated rings. The van der Waals surface area contributed by atoms with E-state index in [1.165, 1.54) is 24.3 Å². The maximum absolute atomic E-state index is 12.6. The molecule has 0 aliphatic carbocycles. The summed E-state index contributed by atoms with van der Waals surface area (Å²) in [6.07, 6.45) is -8.70. The van der Waals surface area contributed by atoms with E-state index in [-0.39, 0.29) is 0 Å². The van der Waals surface area contributed by atoms with Crippen LogP contribution in [-0.2, 0) is 25.4 Å². The van der Waals surface area contributed by atoms with Crippen molar-refractivity contribution in [3.63, 3.8) is 0 Å². The molecule has 242 valence electrons. The molecule has 4 aromatic carbocycles. The summed E-state index contributed by atoms with van der Waals surface area (Å²) in [5, 5.41) is 3.06. The normalized spacial score (nSPS) is 11.7. The quantitative estimate of drug-likeness (QED) is 0.142. The Bertz CT molecular complexity index is 1520. The van der Waals surface area contributed by atoms with Crippen molar-refractivity contribution >= 4 is 11.4 Å². The van der Waals surface area contributed by atoms with E-state index < -0.39 is 23.5 Å². The molecule has 0 aromatic heterocycles. The highest BCUT2D eigenvalue weighted by atomic mass is 19.4. The van der Waals surface area contributed by atoms with E-state index in [1.54, 1.807) is 18.2 Å². The molecule has 0 aliphatic heterocycles. The second-order valence-corrected chi connectivity index (χ2v) is 10.7. The molecule has 4 rings (SSSR count). The van der Waals surface area contributed by atoms with Gasteiger partial charge in [-0.1, -0.05) is 0 Å². The Morgan fingerprint density at radius 2 is 1.00 bits per heavy atom. The van der Waals surface area contributed by atoms with E-state index in [4.69, 9.17) is 15.2 Å². The number of anilines is 2. The fourth-order valence-corrected chi connectivity index (χ4v) is 4.14. The van der Waals surface area contributed by atoms with Gasteiger partial charge in [-0.3, -0.25) is 0 Å². The molecule has 0 saturated heterocycles. The SMILES string of the molecule is CN(C)Cc1cc(N)ccc1Oc1ccc(C(F)(F)F)cc1.CNc1ccc(Oc2ccc(C(F)(F)F)cc2)c(CN(C)C)c1. The van der Waals surface area contributed by atoms with Crippen LogP contribution in [0.4, 0.5) is 37.7 Å². The van der Waals surface area contributed by atoms with Gasteiger partial charge in [-0.25, -0.2) is 0 Å². The van der Waals surface area contributed by atoms with Crippen molar-refractivity contribution in [3.05, 3.63) is 107 Å². The molecule has 0 amide bonds. The van der Waals surface area contributed by atoms with Crippen molar-refractivity contribution < 1.29 is 35.8 Å². The molecule has 0 radical (unpaired) electrons. The molecule has 0 atom stereocenters. The molecule has 0 saturated carbocycles. The van der Waals surface area contributed by atoms with Crippen LogP contribution in [0.15, 0.2) is 84.9 Å². The topological polar surface area (TPSA) is 63.0 Å². The molecule has 3 N–H and O–H groups in total. The minimum atomic E-state index is -4.35. The van der Waals surface area contributed by atoms with Crippen molar-refractivity contribution in [1.29, 1.82) is 0 Å². The number of ether oxygens (including phenoxy) is 2. The van der Waals surface area contributed by atoms with E-state index in [9.17, 15) is 26.3 Å². The number of nitrogen functional groups attached to an aromatic ring is 1. The lowest BCUT2D eigenvalue weighted by atomic mass is 10.1. The molecule has 12 heteroatoms. The third-order valence-electron chi connectivity index (χ3n) is 6.23. The van der Waals surface area contributed by atoms with Crippen LogP contribution in [0.5, 0.6) is 23.0 Å². The lowest BCUT2D eigenvalue weighted by Crippen LogP contribution is -2.11. The molecule has 45 heavy (non-hydrogen) atoms. The van der Waals surface area contributed by atoms with Crippen LogP contribution in [0.2, 0.25) is 0 Å². The van der Waals surface area contributed by atoms with Gasteiger partial charge in [0.15, 0.2) is 0 Å². The van der Waals surface area contributed by atoms with E-state index in [2.05, 4.69) is 5.32 Å². The predicted molar refractivity (Wildman–Crippen MR) is 165 cm³/mol. The zero-order chi connectivity index (χ0) is 33.4. The number of hydrogen-bond donors (Lipinski definition) is 2. The number of nitrogens with zero attached hydrogens (tertiary/aromatic N) is 2. The van der Waals surface area contributed by atoms with Crippen LogP contribution < -0.4 is 20.5 Å². The lowest BCUT2D eigenvalue weighted by Gasteiger charge is -2.16. The highest BCUT2D eigenvalue weighted by Gasteiger charge is 2.31. The van der Waals surface area contributed by atoms with Crippen LogP contribution in [-0.4, -0.2) is 45.0 Å². The first-order valence-corrected chi connectivity index (χ1v) is 13.7. The predicted octanol–water partition coefficient (Wildman–Crippen LogP) is 8.74. The van der Waals surface area contributed by atoms with Crippen molar-refractivity contribution in [2.75, 3.05) is 46.3 Å². The number of hydrogen-bond acceptors (Lipinski definition) is 6. The summed E-state index contributed by atoms with van der Waals surface area (Å²) in [4.78, 5) is 3.95. The second kappa shape index (κ2) is 15.0. The van der Waals surface area contributed by atoms with Gasteiger partial charge in [0.05, 0.1) is 11.1 Å². The molecule has 0 aliphatic rings.